The monoisotopic (exact) mass is 231 g/mol. The van der Waals surface area contributed by atoms with E-state index >= 15 is 0 Å². The normalized spacial score (nSPS) is 20.2. The van der Waals surface area contributed by atoms with Crippen LogP contribution in [0.1, 0.15) is 47.5 Å². The molecule has 0 amide bonds. The Labute approximate surface area is 100 Å². The lowest BCUT2D eigenvalue weighted by Gasteiger charge is -2.29. The third kappa shape index (κ3) is 6.46. The minimum absolute atomic E-state index is 0.138. The van der Waals surface area contributed by atoms with Crippen LogP contribution in [-0.2, 0) is 0 Å². The van der Waals surface area contributed by atoms with Crippen molar-refractivity contribution in [3.05, 3.63) is 0 Å². The summed E-state index contributed by atoms with van der Waals surface area (Å²) in [6.07, 6.45) is 1.48. The molecule has 4 N–H and O–H groups in total. The zero-order valence-corrected chi connectivity index (χ0v) is 11.4. The summed E-state index contributed by atoms with van der Waals surface area (Å²) in [7, 11) is 0. The number of aliphatic hydroxyl groups is 2. The summed E-state index contributed by atoms with van der Waals surface area (Å²) >= 11 is 0. The second-order valence-corrected chi connectivity index (χ2v) is 6.42. The molecule has 0 saturated carbocycles. The van der Waals surface area contributed by atoms with Crippen LogP contribution in [-0.4, -0.2) is 29.0 Å². The predicted octanol–water partition coefficient (Wildman–Crippen LogP) is 1.77. The average Bonchev–Trinajstić information content (AvgIpc) is 2.12. The van der Waals surface area contributed by atoms with Gasteiger partial charge in [0.1, 0.15) is 0 Å². The Morgan fingerprint density at radius 3 is 2.06 bits per heavy atom. The Balaban J connectivity index is 4.08. The molecule has 98 valence electrons. The Kier molecular flexibility index (Phi) is 6.53. The Bertz CT molecular complexity index is 189. The van der Waals surface area contributed by atoms with Gasteiger partial charge >= 0.3 is 0 Å². The second-order valence-electron chi connectivity index (χ2n) is 6.42. The van der Waals surface area contributed by atoms with E-state index in [0.29, 0.717) is 11.3 Å². The second kappa shape index (κ2) is 6.58. The molecule has 0 aliphatic heterocycles. The highest BCUT2D eigenvalue weighted by molar-refractivity contribution is 4.78. The molecule has 0 aromatic rings. The lowest BCUT2D eigenvalue weighted by molar-refractivity contribution is 0.0534. The molecule has 0 radical (unpaired) electrons. The highest BCUT2D eigenvalue weighted by Crippen LogP contribution is 2.29. The molecule has 0 fully saturated rings. The molecule has 4 atom stereocenters. The van der Waals surface area contributed by atoms with E-state index in [9.17, 15) is 5.11 Å². The Hall–Kier alpha value is -0.120. The van der Waals surface area contributed by atoms with Crippen molar-refractivity contribution in [1.82, 2.24) is 0 Å². The van der Waals surface area contributed by atoms with E-state index in [1.807, 2.05) is 6.92 Å². The predicted molar refractivity (Wildman–Crippen MR) is 68.1 cm³/mol. The first-order valence-electron chi connectivity index (χ1n) is 6.22. The number of rotatable bonds is 6. The van der Waals surface area contributed by atoms with E-state index in [0.717, 1.165) is 12.8 Å². The Morgan fingerprint density at radius 1 is 1.19 bits per heavy atom. The lowest BCUT2D eigenvalue weighted by atomic mass is 9.80. The molecule has 0 aromatic carbocycles. The molecule has 0 saturated heterocycles. The molecule has 0 aromatic heterocycles. The van der Waals surface area contributed by atoms with E-state index in [1.54, 1.807) is 0 Å². The maximum atomic E-state index is 9.85. The molecule has 4 unspecified atom stereocenters. The van der Waals surface area contributed by atoms with Crippen LogP contribution in [0, 0.1) is 17.3 Å². The fourth-order valence-corrected chi connectivity index (χ4v) is 2.43. The highest BCUT2D eigenvalue weighted by atomic mass is 16.3. The zero-order valence-electron chi connectivity index (χ0n) is 11.4. The topological polar surface area (TPSA) is 66.5 Å². The number of hydrogen-bond acceptors (Lipinski definition) is 3. The minimum Gasteiger partial charge on any atom is -0.395 e. The molecule has 0 heterocycles. The minimum atomic E-state index is -0.604. The van der Waals surface area contributed by atoms with Gasteiger partial charge in [0.25, 0.3) is 0 Å². The van der Waals surface area contributed by atoms with E-state index in [-0.39, 0.29) is 12.5 Å². The van der Waals surface area contributed by atoms with Crippen molar-refractivity contribution in [3.8, 4) is 0 Å². The number of nitrogens with two attached hydrogens (primary N) is 1. The van der Waals surface area contributed by atoms with Crippen LogP contribution < -0.4 is 5.73 Å². The first kappa shape index (κ1) is 15.9. The largest absolute Gasteiger partial charge is 0.395 e. The molecule has 3 nitrogen and oxygen atoms in total. The quantitative estimate of drug-likeness (QED) is 0.652. The van der Waals surface area contributed by atoms with Crippen LogP contribution in [0.2, 0.25) is 0 Å². The molecule has 0 bridgehead atoms. The van der Waals surface area contributed by atoms with Gasteiger partial charge in [-0.15, -0.1) is 0 Å². The summed E-state index contributed by atoms with van der Waals surface area (Å²) in [5.41, 5.74) is 5.94. The van der Waals surface area contributed by atoms with Crippen LogP contribution >= 0.6 is 0 Å². The number of hydrogen-bond donors (Lipinski definition) is 3. The van der Waals surface area contributed by atoms with Gasteiger partial charge in [-0.1, -0.05) is 34.6 Å². The maximum absolute atomic E-state index is 9.85. The average molecular weight is 231 g/mol. The van der Waals surface area contributed by atoms with Crippen molar-refractivity contribution in [2.75, 3.05) is 6.61 Å². The molecule has 0 aliphatic carbocycles. The first-order valence-corrected chi connectivity index (χ1v) is 6.22. The van der Waals surface area contributed by atoms with Crippen molar-refractivity contribution in [2.24, 2.45) is 23.0 Å². The van der Waals surface area contributed by atoms with Crippen molar-refractivity contribution < 1.29 is 10.2 Å². The van der Waals surface area contributed by atoms with E-state index in [2.05, 4.69) is 27.7 Å². The van der Waals surface area contributed by atoms with Gasteiger partial charge in [-0.2, -0.15) is 0 Å². The molecular weight excluding hydrogens is 202 g/mol. The summed E-state index contributed by atoms with van der Waals surface area (Å²) in [4.78, 5) is 0. The van der Waals surface area contributed by atoms with Crippen molar-refractivity contribution in [3.63, 3.8) is 0 Å². The SMILES string of the molecule is CC(CC(C)C(O)C(N)CO)CC(C)(C)C. The fourth-order valence-electron chi connectivity index (χ4n) is 2.43. The molecule has 0 spiro atoms. The van der Waals surface area contributed by atoms with Gasteiger partial charge in [0, 0.05) is 0 Å². The zero-order chi connectivity index (χ0) is 12.9. The summed E-state index contributed by atoms with van der Waals surface area (Å²) in [6.45, 7) is 10.7. The maximum Gasteiger partial charge on any atom is 0.0739 e. The molecule has 0 rings (SSSR count). The third-order valence-corrected chi connectivity index (χ3v) is 2.97. The summed E-state index contributed by atoms with van der Waals surface area (Å²) in [5, 5.41) is 18.7. The summed E-state index contributed by atoms with van der Waals surface area (Å²) in [6, 6.07) is -0.517. The standard InChI is InChI=1S/C13H29NO2/c1-9(7-13(3,4)5)6-10(2)12(16)11(14)8-15/h9-12,15-16H,6-8,14H2,1-5H3. The van der Waals surface area contributed by atoms with E-state index in [4.69, 9.17) is 10.8 Å². The molecule has 3 heteroatoms. The van der Waals surface area contributed by atoms with Gasteiger partial charge < -0.3 is 15.9 Å². The molecule has 16 heavy (non-hydrogen) atoms. The van der Waals surface area contributed by atoms with Gasteiger partial charge in [-0.05, 0) is 30.1 Å². The van der Waals surface area contributed by atoms with Gasteiger partial charge in [-0.25, -0.2) is 0 Å². The van der Waals surface area contributed by atoms with E-state index < -0.39 is 12.1 Å². The van der Waals surface area contributed by atoms with Crippen LogP contribution in [0.3, 0.4) is 0 Å². The van der Waals surface area contributed by atoms with Gasteiger partial charge in [-0.3, -0.25) is 0 Å². The van der Waals surface area contributed by atoms with Gasteiger partial charge in [0.05, 0.1) is 18.8 Å². The third-order valence-electron chi connectivity index (χ3n) is 2.97. The Morgan fingerprint density at radius 2 is 1.69 bits per heavy atom. The van der Waals surface area contributed by atoms with Crippen molar-refractivity contribution in [1.29, 1.82) is 0 Å². The van der Waals surface area contributed by atoms with E-state index in [1.165, 1.54) is 0 Å². The van der Waals surface area contributed by atoms with Gasteiger partial charge in [0.15, 0.2) is 0 Å². The van der Waals surface area contributed by atoms with Crippen LogP contribution in [0.25, 0.3) is 0 Å². The smallest absolute Gasteiger partial charge is 0.0739 e. The van der Waals surface area contributed by atoms with Crippen LogP contribution in [0.15, 0.2) is 0 Å². The highest BCUT2D eigenvalue weighted by Gasteiger charge is 2.24. The van der Waals surface area contributed by atoms with Crippen molar-refractivity contribution in [2.45, 2.75) is 59.6 Å². The summed E-state index contributed by atoms with van der Waals surface area (Å²) in [5.74, 6) is 0.704. The summed E-state index contributed by atoms with van der Waals surface area (Å²) < 4.78 is 0. The van der Waals surface area contributed by atoms with Crippen LogP contribution in [0.4, 0.5) is 0 Å². The molecular formula is C13H29NO2. The first-order chi connectivity index (χ1) is 7.17. The van der Waals surface area contributed by atoms with Gasteiger partial charge in [0.2, 0.25) is 0 Å². The van der Waals surface area contributed by atoms with Crippen molar-refractivity contribution >= 4 is 0 Å². The fraction of sp³-hybridized carbons (Fsp3) is 1.00. The molecule has 0 aliphatic rings. The number of aliphatic hydroxyl groups excluding tert-OH is 2. The van der Waals surface area contributed by atoms with Crippen LogP contribution in [0.5, 0.6) is 0 Å². The lowest BCUT2D eigenvalue weighted by Crippen LogP contribution is -2.42.